The van der Waals surface area contributed by atoms with Crippen LogP contribution in [-0.4, -0.2) is 37.4 Å². The van der Waals surface area contributed by atoms with Crippen LogP contribution < -0.4 is 19.5 Å². The highest BCUT2D eigenvalue weighted by atomic mass is 19.4. The molecule has 1 N–H and O–H groups in total. The van der Waals surface area contributed by atoms with Crippen LogP contribution in [0.15, 0.2) is 40.9 Å². The van der Waals surface area contributed by atoms with Gasteiger partial charge in [-0.15, -0.1) is 0 Å². The number of halogens is 3. The van der Waals surface area contributed by atoms with E-state index in [9.17, 15) is 18.0 Å². The third kappa shape index (κ3) is 4.87. The van der Waals surface area contributed by atoms with E-state index in [0.29, 0.717) is 22.8 Å². The first-order valence-corrected chi connectivity index (χ1v) is 8.85. The predicted octanol–water partition coefficient (Wildman–Crippen LogP) is 3.71. The molecule has 0 saturated heterocycles. The topological polar surface area (TPSA) is 95.7 Å². The molecule has 0 unspecified atom stereocenters. The van der Waals surface area contributed by atoms with Crippen molar-refractivity contribution in [3.63, 3.8) is 0 Å². The summed E-state index contributed by atoms with van der Waals surface area (Å²) in [5.41, 5.74) is 0.133. The van der Waals surface area contributed by atoms with Crippen molar-refractivity contribution in [2.24, 2.45) is 0 Å². The molecule has 1 heterocycles. The van der Waals surface area contributed by atoms with Crippen LogP contribution in [0.25, 0.3) is 11.4 Å². The molecule has 164 valence electrons. The molecule has 3 aromatic rings. The first kappa shape index (κ1) is 21.9. The van der Waals surface area contributed by atoms with E-state index in [1.54, 1.807) is 12.1 Å². The lowest BCUT2D eigenvalue weighted by molar-refractivity contribution is -0.137. The van der Waals surface area contributed by atoms with Crippen molar-refractivity contribution >= 4 is 5.91 Å². The molecule has 1 aromatic heterocycles. The smallest absolute Gasteiger partial charge is 0.416 e. The maximum atomic E-state index is 12.7. The average Bonchev–Trinajstić information content (AvgIpc) is 3.26. The van der Waals surface area contributed by atoms with E-state index in [4.69, 9.17) is 18.7 Å². The maximum absolute atomic E-state index is 12.7. The second kappa shape index (κ2) is 8.94. The number of hydrogen-bond acceptors (Lipinski definition) is 7. The molecule has 0 fully saturated rings. The zero-order chi connectivity index (χ0) is 22.6. The number of carbonyl (C=O) groups excluding carboxylic acids is 1. The first-order chi connectivity index (χ1) is 14.8. The van der Waals surface area contributed by atoms with E-state index in [1.807, 2.05) is 0 Å². The quantitative estimate of drug-likeness (QED) is 0.602. The lowest BCUT2D eigenvalue weighted by Crippen LogP contribution is -2.23. The van der Waals surface area contributed by atoms with E-state index < -0.39 is 17.6 Å². The Balaban J connectivity index is 1.71. The molecular weight excluding hydrogens is 419 g/mol. The van der Waals surface area contributed by atoms with E-state index in [-0.39, 0.29) is 23.8 Å². The van der Waals surface area contributed by atoms with Gasteiger partial charge in [-0.3, -0.25) is 4.79 Å². The fraction of sp³-hybridized carbons (Fsp3) is 0.250. The minimum Gasteiger partial charge on any atom is -0.493 e. The summed E-state index contributed by atoms with van der Waals surface area (Å²) in [5.74, 6) is 0.272. The molecule has 0 atom stereocenters. The van der Waals surface area contributed by atoms with Crippen molar-refractivity contribution in [3.8, 4) is 28.6 Å². The van der Waals surface area contributed by atoms with Crippen LogP contribution in [0.3, 0.4) is 0 Å². The van der Waals surface area contributed by atoms with Crippen molar-refractivity contribution in [3.05, 3.63) is 53.4 Å². The largest absolute Gasteiger partial charge is 0.493 e. The maximum Gasteiger partial charge on any atom is 0.416 e. The standard InChI is InChI=1S/C20H18F3N3O5/c1-28-14-8-11(9-15(29-2)16(14)30-3)10-24-18(27)19-25-17(26-31-19)12-4-6-13(7-5-12)20(21,22)23/h4-9H,10H2,1-3H3,(H,24,27). The minimum absolute atomic E-state index is 0.00772. The number of methoxy groups -OCH3 is 3. The fourth-order valence-electron chi connectivity index (χ4n) is 2.74. The zero-order valence-corrected chi connectivity index (χ0v) is 16.7. The third-order valence-corrected chi connectivity index (χ3v) is 4.27. The Morgan fingerprint density at radius 3 is 2.16 bits per heavy atom. The number of nitrogens with one attached hydrogen (secondary N) is 1. The minimum atomic E-state index is -4.45. The summed E-state index contributed by atoms with van der Waals surface area (Å²) in [5, 5.41) is 6.26. The summed E-state index contributed by atoms with van der Waals surface area (Å²) < 4.78 is 58.7. The highest BCUT2D eigenvalue weighted by Gasteiger charge is 2.30. The van der Waals surface area contributed by atoms with E-state index in [0.717, 1.165) is 12.1 Å². The Kier molecular flexibility index (Phi) is 6.33. The van der Waals surface area contributed by atoms with Gasteiger partial charge in [0, 0.05) is 12.1 Å². The summed E-state index contributed by atoms with van der Waals surface area (Å²) >= 11 is 0. The van der Waals surface area contributed by atoms with E-state index in [2.05, 4.69) is 15.5 Å². The lowest BCUT2D eigenvalue weighted by Gasteiger charge is -2.14. The number of amides is 1. The Labute approximate surface area is 174 Å². The van der Waals surface area contributed by atoms with Gasteiger partial charge in [0.25, 0.3) is 0 Å². The van der Waals surface area contributed by atoms with Gasteiger partial charge in [0.05, 0.1) is 26.9 Å². The van der Waals surface area contributed by atoms with E-state index >= 15 is 0 Å². The summed E-state index contributed by atoms with van der Waals surface area (Å²) in [6, 6.07) is 7.54. The van der Waals surface area contributed by atoms with Gasteiger partial charge < -0.3 is 24.1 Å². The molecule has 8 nitrogen and oxygen atoms in total. The van der Waals surface area contributed by atoms with Crippen LogP contribution in [0.1, 0.15) is 21.8 Å². The van der Waals surface area contributed by atoms with E-state index in [1.165, 1.54) is 33.5 Å². The molecule has 11 heteroatoms. The van der Waals surface area contributed by atoms with Crippen LogP contribution in [0.5, 0.6) is 17.2 Å². The normalized spacial score (nSPS) is 11.2. The van der Waals surface area contributed by atoms with Gasteiger partial charge in [-0.2, -0.15) is 18.2 Å². The van der Waals surface area contributed by atoms with Gasteiger partial charge in [0.2, 0.25) is 11.6 Å². The van der Waals surface area contributed by atoms with Crippen LogP contribution in [0.4, 0.5) is 13.2 Å². The number of rotatable bonds is 7. The SMILES string of the molecule is COc1cc(CNC(=O)c2nc(-c3ccc(C(F)(F)F)cc3)no2)cc(OC)c1OC. The van der Waals surface area contributed by atoms with Crippen molar-refractivity contribution in [2.45, 2.75) is 12.7 Å². The van der Waals surface area contributed by atoms with Gasteiger partial charge in [-0.25, -0.2) is 0 Å². The number of nitrogens with zero attached hydrogens (tertiary/aromatic N) is 2. The summed E-state index contributed by atoms with van der Waals surface area (Å²) in [6.07, 6.45) is -4.45. The van der Waals surface area contributed by atoms with Gasteiger partial charge >= 0.3 is 18.0 Å². The predicted molar refractivity (Wildman–Crippen MR) is 102 cm³/mol. The number of alkyl halides is 3. The molecule has 0 radical (unpaired) electrons. The molecule has 0 aliphatic rings. The van der Waals surface area contributed by atoms with Crippen molar-refractivity contribution in [1.29, 1.82) is 0 Å². The Morgan fingerprint density at radius 2 is 1.65 bits per heavy atom. The van der Waals surface area contributed by atoms with Gasteiger partial charge in [0.1, 0.15) is 0 Å². The fourth-order valence-corrected chi connectivity index (χ4v) is 2.74. The summed E-state index contributed by atoms with van der Waals surface area (Å²) in [7, 11) is 4.42. The second-order valence-corrected chi connectivity index (χ2v) is 6.21. The summed E-state index contributed by atoms with van der Waals surface area (Å²) in [6.45, 7) is 0.0908. The second-order valence-electron chi connectivity index (χ2n) is 6.21. The number of carbonyl (C=O) groups is 1. The Morgan fingerprint density at radius 1 is 1.03 bits per heavy atom. The van der Waals surface area contributed by atoms with Crippen LogP contribution >= 0.6 is 0 Å². The number of aromatic nitrogens is 2. The highest BCUT2D eigenvalue weighted by Crippen LogP contribution is 2.38. The van der Waals surface area contributed by atoms with Gasteiger partial charge in [-0.1, -0.05) is 17.3 Å². The summed E-state index contributed by atoms with van der Waals surface area (Å²) in [4.78, 5) is 16.3. The Hall–Kier alpha value is -3.76. The molecule has 0 saturated carbocycles. The number of ether oxygens (including phenoxy) is 3. The number of hydrogen-bond donors (Lipinski definition) is 1. The van der Waals surface area contributed by atoms with Crippen LogP contribution in [-0.2, 0) is 12.7 Å². The molecule has 2 aromatic carbocycles. The molecule has 3 rings (SSSR count). The molecule has 31 heavy (non-hydrogen) atoms. The molecular formula is C20H18F3N3O5. The molecule has 0 spiro atoms. The van der Waals surface area contributed by atoms with Crippen molar-refractivity contribution in [2.75, 3.05) is 21.3 Å². The molecule has 1 amide bonds. The first-order valence-electron chi connectivity index (χ1n) is 8.85. The highest BCUT2D eigenvalue weighted by molar-refractivity contribution is 5.89. The average molecular weight is 437 g/mol. The van der Waals surface area contributed by atoms with Crippen molar-refractivity contribution in [1.82, 2.24) is 15.5 Å². The monoisotopic (exact) mass is 437 g/mol. The number of benzene rings is 2. The third-order valence-electron chi connectivity index (χ3n) is 4.27. The van der Waals surface area contributed by atoms with Gasteiger partial charge in [0.15, 0.2) is 11.5 Å². The Bertz CT molecular complexity index is 1040. The van der Waals surface area contributed by atoms with Gasteiger partial charge in [-0.05, 0) is 29.8 Å². The molecule has 0 bridgehead atoms. The zero-order valence-electron chi connectivity index (χ0n) is 16.7. The molecule has 0 aliphatic carbocycles. The lowest BCUT2D eigenvalue weighted by atomic mass is 10.1. The van der Waals surface area contributed by atoms with Crippen molar-refractivity contribution < 1.29 is 36.7 Å². The van der Waals surface area contributed by atoms with Crippen LogP contribution in [0, 0.1) is 0 Å². The van der Waals surface area contributed by atoms with Crippen LogP contribution in [0.2, 0.25) is 0 Å². The molecule has 0 aliphatic heterocycles.